The number of rotatable bonds is 2. The molecule has 1 aromatic carbocycles. The van der Waals surface area contributed by atoms with Gasteiger partial charge in [0.15, 0.2) is 0 Å². The Morgan fingerprint density at radius 2 is 2.25 bits per heavy atom. The summed E-state index contributed by atoms with van der Waals surface area (Å²) >= 11 is 3.35. The smallest absolute Gasteiger partial charge is 0.0798 e. The lowest BCUT2D eigenvalue weighted by Gasteiger charge is -2.10. The van der Waals surface area contributed by atoms with Crippen molar-refractivity contribution in [3.8, 4) is 0 Å². The van der Waals surface area contributed by atoms with Crippen molar-refractivity contribution < 1.29 is 5.11 Å². The molecule has 0 heterocycles. The van der Waals surface area contributed by atoms with Gasteiger partial charge in [0.2, 0.25) is 0 Å². The molecular weight excluding hydrogens is 218 g/mol. The number of benzene rings is 1. The molecule has 1 atom stereocenters. The van der Waals surface area contributed by atoms with Gasteiger partial charge in [-0.3, -0.25) is 0 Å². The third kappa shape index (κ3) is 1.99. The molecule has 3 heteroatoms. The Balaban J connectivity index is 3.01. The first-order valence-corrected chi connectivity index (χ1v) is 4.67. The summed E-state index contributed by atoms with van der Waals surface area (Å²) in [6, 6.07) is 5.43. The Bertz CT molecular complexity index is 275. The highest BCUT2D eigenvalue weighted by atomic mass is 79.9. The van der Waals surface area contributed by atoms with Crippen LogP contribution in [0.2, 0.25) is 0 Å². The molecule has 2 nitrogen and oxygen atoms in total. The van der Waals surface area contributed by atoms with Gasteiger partial charge >= 0.3 is 0 Å². The molecule has 3 N–H and O–H groups in total. The van der Waals surface area contributed by atoms with E-state index >= 15 is 0 Å². The van der Waals surface area contributed by atoms with Crippen LogP contribution in [0.4, 0.5) is 5.69 Å². The van der Waals surface area contributed by atoms with Crippen LogP contribution in [0.1, 0.15) is 25.0 Å². The highest BCUT2D eigenvalue weighted by Crippen LogP contribution is 2.26. The van der Waals surface area contributed by atoms with E-state index in [1.807, 2.05) is 13.0 Å². The van der Waals surface area contributed by atoms with Crippen molar-refractivity contribution in [3.05, 3.63) is 28.2 Å². The molecule has 0 aliphatic carbocycles. The zero-order chi connectivity index (χ0) is 9.14. The second kappa shape index (κ2) is 3.92. The average Bonchev–Trinajstić information content (AvgIpc) is 2.03. The number of nitrogens with two attached hydrogens (primary N) is 1. The van der Waals surface area contributed by atoms with Gasteiger partial charge in [0.05, 0.1) is 6.10 Å². The Morgan fingerprint density at radius 3 is 2.75 bits per heavy atom. The summed E-state index contributed by atoms with van der Waals surface area (Å²) in [5.74, 6) is 0. The molecule has 1 aromatic rings. The second-order valence-electron chi connectivity index (χ2n) is 2.70. The summed E-state index contributed by atoms with van der Waals surface area (Å²) < 4.78 is 0.872. The molecule has 0 spiro atoms. The number of aliphatic hydroxyl groups excluding tert-OH is 1. The predicted molar refractivity (Wildman–Crippen MR) is 53.8 cm³/mol. The fourth-order valence-corrected chi connectivity index (χ4v) is 1.69. The molecule has 66 valence electrons. The van der Waals surface area contributed by atoms with Gasteiger partial charge < -0.3 is 10.8 Å². The number of hydrogen-bond donors (Lipinski definition) is 2. The van der Waals surface area contributed by atoms with Crippen molar-refractivity contribution in [2.45, 2.75) is 19.4 Å². The Kier molecular flexibility index (Phi) is 3.12. The molecule has 0 radical (unpaired) electrons. The van der Waals surface area contributed by atoms with Crippen molar-refractivity contribution in [1.29, 1.82) is 0 Å². The van der Waals surface area contributed by atoms with Crippen LogP contribution < -0.4 is 5.73 Å². The fraction of sp³-hybridized carbons (Fsp3) is 0.333. The van der Waals surface area contributed by atoms with E-state index in [0.29, 0.717) is 12.1 Å². The first-order valence-electron chi connectivity index (χ1n) is 3.88. The van der Waals surface area contributed by atoms with Crippen LogP contribution >= 0.6 is 15.9 Å². The average molecular weight is 230 g/mol. The second-order valence-corrected chi connectivity index (χ2v) is 3.56. The molecule has 0 fully saturated rings. The number of hydrogen-bond acceptors (Lipinski definition) is 2. The molecule has 0 saturated carbocycles. The molecule has 1 rings (SSSR count). The minimum absolute atomic E-state index is 0.403. The lowest BCUT2D eigenvalue weighted by Crippen LogP contribution is -1.97. The third-order valence-electron chi connectivity index (χ3n) is 1.77. The molecule has 0 aromatic heterocycles. The zero-order valence-electron chi connectivity index (χ0n) is 6.92. The normalized spacial score (nSPS) is 12.9. The van der Waals surface area contributed by atoms with E-state index in [1.165, 1.54) is 0 Å². The van der Waals surface area contributed by atoms with Gasteiger partial charge in [-0.2, -0.15) is 0 Å². The number of aliphatic hydroxyl groups is 1. The van der Waals surface area contributed by atoms with E-state index < -0.39 is 6.10 Å². The van der Waals surface area contributed by atoms with Crippen molar-refractivity contribution >= 4 is 21.6 Å². The highest BCUT2D eigenvalue weighted by Gasteiger charge is 2.08. The summed E-state index contributed by atoms with van der Waals surface area (Å²) in [5.41, 5.74) is 7.16. The first-order chi connectivity index (χ1) is 5.65. The molecule has 0 amide bonds. The van der Waals surface area contributed by atoms with Gasteiger partial charge in [0.1, 0.15) is 0 Å². The van der Waals surface area contributed by atoms with Crippen molar-refractivity contribution in [2.24, 2.45) is 0 Å². The summed E-state index contributed by atoms with van der Waals surface area (Å²) in [5, 5.41) is 9.53. The molecule has 0 bridgehead atoms. The van der Waals surface area contributed by atoms with Crippen LogP contribution in [0.25, 0.3) is 0 Å². The summed E-state index contributed by atoms with van der Waals surface area (Å²) in [4.78, 5) is 0. The lowest BCUT2D eigenvalue weighted by molar-refractivity contribution is 0.173. The minimum atomic E-state index is -0.403. The van der Waals surface area contributed by atoms with E-state index in [2.05, 4.69) is 15.9 Å². The Morgan fingerprint density at radius 1 is 1.58 bits per heavy atom. The standard InChI is InChI=1S/C9H12BrNO/c1-2-9(12)7-4-3-6(11)5-8(7)10/h3-5,9,12H,2,11H2,1H3. The molecule has 1 unspecified atom stereocenters. The largest absolute Gasteiger partial charge is 0.399 e. The third-order valence-corrected chi connectivity index (χ3v) is 2.46. The van der Waals surface area contributed by atoms with Crippen LogP contribution in [0.5, 0.6) is 0 Å². The monoisotopic (exact) mass is 229 g/mol. The van der Waals surface area contributed by atoms with E-state index in [1.54, 1.807) is 12.1 Å². The van der Waals surface area contributed by atoms with Gasteiger partial charge in [-0.25, -0.2) is 0 Å². The van der Waals surface area contributed by atoms with Gasteiger partial charge in [0, 0.05) is 10.2 Å². The van der Waals surface area contributed by atoms with Gasteiger partial charge in [0.25, 0.3) is 0 Å². The van der Waals surface area contributed by atoms with Gasteiger partial charge in [-0.05, 0) is 24.1 Å². The van der Waals surface area contributed by atoms with E-state index in [-0.39, 0.29) is 0 Å². The van der Waals surface area contributed by atoms with Gasteiger partial charge in [-0.15, -0.1) is 0 Å². The van der Waals surface area contributed by atoms with Crippen molar-refractivity contribution in [2.75, 3.05) is 5.73 Å². The number of halogens is 1. The van der Waals surface area contributed by atoms with Crippen LogP contribution in [0.15, 0.2) is 22.7 Å². The zero-order valence-corrected chi connectivity index (χ0v) is 8.51. The molecule has 0 aliphatic rings. The lowest BCUT2D eigenvalue weighted by atomic mass is 10.1. The maximum atomic E-state index is 9.53. The van der Waals surface area contributed by atoms with Crippen LogP contribution in [0, 0.1) is 0 Å². The maximum absolute atomic E-state index is 9.53. The summed E-state index contributed by atoms with van der Waals surface area (Å²) in [6.45, 7) is 1.94. The molecule has 12 heavy (non-hydrogen) atoms. The number of nitrogen functional groups attached to an aromatic ring is 1. The Hall–Kier alpha value is -0.540. The fourth-order valence-electron chi connectivity index (χ4n) is 1.03. The van der Waals surface area contributed by atoms with Crippen LogP contribution in [-0.4, -0.2) is 5.11 Å². The minimum Gasteiger partial charge on any atom is -0.399 e. The molecule has 0 saturated heterocycles. The summed E-state index contributed by atoms with van der Waals surface area (Å²) in [6.07, 6.45) is 0.308. The predicted octanol–water partition coefficient (Wildman–Crippen LogP) is 2.47. The molecular formula is C9H12BrNO. The van der Waals surface area contributed by atoms with E-state index in [4.69, 9.17) is 5.73 Å². The highest BCUT2D eigenvalue weighted by molar-refractivity contribution is 9.10. The maximum Gasteiger partial charge on any atom is 0.0798 e. The van der Waals surface area contributed by atoms with Crippen molar-refractivity contribution in [1.82, 2.24) is 0 Å². The Labute approximate surface area is 80.5 Å². The van der Waals surface area contributed by atoms with Gasteiger partial charge in [-0.1, -0.05) is 28.9 Å². The number of anilines is 1. The molecule has 0 aliphatic heterocycles. The summed E-state index contributed by atoms with van der Waals surface area (Å²) in [7, 11) is 0. The van der Waals surface area contributed by atoms with Crippen molar-refractivity contribution in [3.63, 3.8) is 0 Å². The van der Waals surface area contributed by atoms with E-state index in [9.17, 15) is 5.11 Å². The quantitative estimate of drug-likeness (QED) is 0.766. The van der Waals surface area contributed by atoms with Crippen LogP contribution in [-0.2, 0) is 0 Å². The first kappa shape index (κ1) is 9.55. The topological polar surface area (TPSA) is 46.2 Å². The van der Waals surface area contributed by atoms with E-state index in [0.717, 1.165) is 10.0 Å². The SMILES string of the molecule is CCC(O)c1ccc(N)cc1Br. The van der Waals surface area contributed by atoms with Crippen LogP contribution in [0.3, 0.4) is 0 Å².